The molecule has 4 heteroatoms. The van der Waals surface area contributed by atoms with Crippen molar-refractivity contribution in [1.29, 1.82) is 0 Å². The smallest absolute Gasteiger partial charge is 0.407 e. The number of alkyl carbamates (subject to hydrolysis) is 1. The highest BCUT2D eigenvalue weighted by atomic mass is 16.6. The van der Waals surface area contributed by atoms with E-state index in [9.17, 15) is 9.90 Å². The van der Waals surface area contributed by atoms with E-state index in [0.717, 1.165) is 12.8 Å². The zero-order valence-electron chi connectivity index (χ0n) is 17.2. The Morgan fingerprint density at radius 2 is 1.32 bits per heavy atom. The minimum Gasteiger partial charge on any atom is -0.444 e. The van der Waals surface area contributed by atoms with E-state index in [0.29, 0.717) is 0 Å². The molecule has 0 spiro atoms. The standard InChI is InChI=1S/C21H43NO3/c1-5-6-7-8-9-10-11-12-13-14-15-16-17-19(18-23)22-20(24)25-21(2,3)4/h19,23H,5-18H2,1-4H3,(H,22,24)/t19-/m0/s1. The second kappa shape index (κ2) is 15.5. The molecule has 0 heterocycles. The molecule has 0 aliphatic rings. The molecule has 0 aliphatic heterocycles. The van der Waals surface area contributed by atoms with Gasteiger partial charge in [-0.05, 0) is 27.2 Å². The van der Waals surface area contributed by atoms with Gasteiger partial charge in [-0.3, -0.25) is 0 Å². The monoisotopic (exact) mass is 357 g/mol. The van der Waals surface area contributed by atoms with Crippen molar-refractivity contribution >= 4 is 6.09 Å². The van der Waals surface area contributed by atoms with Gasteiger partial charge in [0.15, 0.2) is 0 Å². The number of carbonyl (C=O) groups is 1. The summed E-state index contributed by atoms with van der Waals surface area (Å²) in [5.74, 6) is 0. The number of hydrogen-bond acceptors (Lipinski definition) is 3. The van der Waals surface area contributed by atoms with Gasteiger partial charge >= 0.3 is 6.09 Å². The predicted molar refractivity (Wildman–Crippen MR) is 106 cm³/mol. The number of amides is 1. The van der Waals surface area contributed by atoms with Crippen LogP contribution in [0.2, 0.25) is 0 Å². The Bertz CT molecular complexity index is 313. The Morgan fingerprint density at radius 3 is 1.72 bits per heavy atom. The van der Waals surface area contributed by atoms with Crippen LogP contribution >= 0.6 is 0 Å². The molecular weight excluding hydrogens is 314 g/mol. The molecule has 0 fully saturated rings. The topological polar surface area (TPSA) is 58.6 Å². The van der Waals surface area contributed by atoms with E-state index >= 15 is 0 Å². The number of nitrogens with one attached hydrogen (secondary N) is 1. The summed E-state index contributed by atoms with van der Waals surface area (Å²) in [5.41, 5.74) is -0.500. The second-order valence-electron chi connectivity index (χ2n) is 8.20. The molecule has 1 amide bonds. The fourth-order valence-electron chi connectivity index (χ4n) is 2.92. The van der Waals surface area contributed by atoms with Crippen molar-refractivity contribution in [3.8, 4) is 0 Å². The molecule has 0 aromatic carbocycles. The third kappa shape index (κ3) is 17.8. The van der Waals surface area contributed by atoms with Crippen molar-refractivity contribution in [2.75, 3.05) is 6.61 Å². The highest BCUT2D eigenvalue weighted by molar-refractivity contribution is 5.68. The first-order valence-corrected chi connectivity index (χ1v) is 10.5. The largest absolute Gasteiger partial charge is 0.444 e. The quantitative estimate of drug-likeness (QED) is 0.355. The first-order chi connectivity index (χ1) is 11.9. The molecule has 0 aliphatic carbocycles. The van der Waals surface area contributed by atoms with Crippen molar-refractivity contribution < 1.29 is 14.6 Å². The van der Waals surface area contributed by atoms with Crippen molar-refractivity contribution in [1.82, 2.24) is 5.32 Å². The summed E-state index contributed by atoms with van der Waals surface area (Å²) in [6.07, 6.45) is 16.1. The Hall–Kier alpha value is -0.770. The number of carbonyl (C=O) groups excluding carboxylic acids is 1. The number of unbranched alkanes of at least 4 members (excludes halogenated alkanes) is 11. The number of aliphatic hydroxyl groups excluding tert-OH is 1. The highest BCUT2D eigenvalue weighted by Gasteiger charge is 2.18. The van der Waals surface area contributed by atoms with Crippen LogP contribution in [0.25, 0.3) is 0 Å². The van der Waals surface area contributed by atoms with E-state index in [1.54, 1.807) is 0 Å². The summed E-state index contributed by atoms with van der Waals surface area (Å²) in [6.45, 7) is 7.75. The van der Waals surface area contributed by atoms with Crippen LogP contribution in [0.4, 0.5) is 4.79 Å². The van der Waals surface area contributed by atoms with Gasteiger partial charge in [-0.1, -0.05) is 84.0 Å². The Kier molecular flexibility index (Phi) is 15.0. The SMILES string of the molecule is CCCCCCCCCCCCCC[C@@H](CO)NC(=O)OC(C)(C)C. The van der Waals surface area contributed by atoms with Gasteiger partial charge in [-0.25, -0.2) is 4.79 Å². The molecule has 0 aromatic heterocycles. The van der Waals surface area contributed by atoms with Gasteiger partial charge in [0.05, 0.1) is 12.6 Å². The molecule has 1 atom stereocenters. The molecule has 0 bridgehead atoms. The van der Waals surface area contributed by atoms with Gasteiger partial charge in [0, 0.05) is 0 Å². The van der Waals surface area contributed by atoms with E-state index in [1.165, 1.54) is 70.6 Å². The van der Waals surface area contributed by atoms with Gasteiger partial charge in [-0.2, -0.15) is 0 Å². The maximum atomic E-state index is 11.7. The minimum atomic E-state index is -0.500. The molecule has 25 heavy (non-hydrogen) atoms. The summed E-state index contributed by atoms with van der Waals surface area (Å²) in [6, 6.07) is -0.196. The van der Waals surface area contributed by atoms with Crippen LogP contribution in [0.1, 0.15) is 111 Å². The molecule has 4 nitrogen and oxygen atoms in total. The molecule has 0 aromatic rings. The summed E-state index contributed by atoms with van der Waals surface area (Å²) < 4.78 is 5.22. The maximum Gasteiger partial charge on any atom is 0.407 e. The van der Waals surface area contributed by atoms with E-state index < -0.39 is 11.7 Å². The summed E-state index contributed by atoms with van der Waals surface area (Å²) >= 11 is 0. The van der Waals surface area contributed by atoms with Crippen molar-refractivity contribution in [3.63, 3.8) is 0 Å². The lowest BCUT2D eigenvalue weighted by Crippen LogP contribution is -2.41. The molecule has 0 unspecified atom stereocenters. The van der Waals surface area contributed by atoms with Crippen molar-refractivity contribution in [2.45, 2.75) is 123 Å². The minimum absolute atomic E-state index is 0.0305. The average Bonchev–Trinajstić information content (AvgIpc) is 2.53. The number of ether oxygens (including phenoxy) is 1. The van der Waals surface area contributed by atoms with Crippen LogP contribution in [0.5, 0.6) is 0 Å². The Morgan fingerprint density at radius 1 is 0.880 bits per heavy atom. The fourth-order valence-corrected chi connectivity index (χ4v) is 2.92. The molecule has 2 N–H and O–H groups in total. The lowest BCUT2D eigenvalue weighted by atomic mass is 10.0. The second-order valence-corrected chi connectivity index (χ2v) is 8.20. The third-order valence-electron chi connectivity index (χ3n) is 4.35. The van der Waals surface area contributed by atoms with Gasteiger partial charge < -0.3 is 15.2 Å². The first-order valence-electron chi connectivity index (χ1n) is 10.5. The summed E-state index contributed by atoms with van der Waals surface area (Å²) in [7, 11) is 0. The molecule has 0 saturated heterocycles. The number of rotatable bonds is 15. The molecular formula is C21H43NO3. The normalized spacial score (nSPS) is 12.8. The zero-order valence-corrected chi connectivity index (χ0v) is 17.2. The van der Waals surface area contributed by atoms with Crippen LogP contribution in [-0.2, 0) is 4.74 Å². The molecule has 150 valence electrons. The van der Waals surface area contributed by atoms with Crippen LogP contribution in [0, 0.1) is 0 Å². The Labute approximate surface area is 156 Å². The van der Waals surface area contributed by atoms with E-state index in [1.807, 2.05) is 20.8 Å². The van der Waals surface area contributed by atoms with Crippen molar-refractivity contribution in [2.24, 2.45) is 0 Å². The van der Waals surface area contributed by atoms with E-state index in [2.05, 4.69) is 12.2 Å². The van der Waals surface area contributed by atoms with Crippen molar-refractivity contribution in [3.05, 3.63) is 0 Å². The molecule has 0 rings (SSSR count). The fraction of sp³-hybridized carbons (Fsp3) is 0.952. The van der Waals surface area contributed by atoms with E-state index in [-0.39, 0.29) is 12.6 Å². The van der Waals surface area contributed by atoms with Crippen LogP contribution in [-0.4, -0.2) is 29.4 Å². The Balaban J connectivity index is 3.48. The predicted octanol–water partition coefficient (Wildman–Crippen LogP) is 5.96. The van der Waals surface area contributed by atoms with Gasteiger partial charge in [-0.15, -0.1) is 0 Å². The highest BCUT2D eigenvalue weighted by Crippen LogP contribution is 2.13. The molecule has 0 radical (unpaired) electrons. The lowest BCUT2D eigenvalue weighted by Gasteiger charge is -2.22. The van der Waals surface area contributed by atoms with E-state index in [4.69, 9.17) is 4.74 Å². The third-order valence-corrected chi connectivity index (χ3v) is 4.35. The van der Waals surface area contributed by atoms with Crippen LogP contribution < -0.4 is 5.32 Å². The zero-order chi connectivity index (χ0) is 19.0. The lowest BCUT2D eigenvalue weighted by molar-refractivity contribution is 0.0478. The number of hydrogen-bond donors (Lipinski definition) is 2. The molecule has 0 saturated carbocycles. The average molecular weight is 358 g/mol. The van der Waals surface area contributed by atoms with Gasteiger partial charge in [0.2, 0.25) is 0 Å². The summed E-state index contributed by atoms with van der Waals surface area (Å²) in [4.78, 5) is 11.7. The maximum absolute atomic E-state index is 11.7. The van der Waals surface area contributed by atoms with Gasteiger partial charge in [0.1, 0.15) is 5.60 Å². The first kappa shape index (κ1) is 24.2. The van der Waals surface area contributed by atoms with Crippen LogP contribution in [0.3, 0.4) is 0 Å². The van der Waals surface area contributed by atoms with Gasteiger partial charge in [0.25, 0.3) is 0 Å². The summed E-state index contributed by atoms with van der Waals surface area (Å²) in [5, 5.41) is 12.1. The number of aliphatic hydroxyl groups is 1. The van der Waals surface area contributed by atoms with Crippen LogP contribution in [0.15, 0.2) is 0 Å².